The number of anilines is 1. The SMILES string of the molecule is Cc1nnc(NC(CC(=O)O)C(C)(C)C)c(C#N)c1C. The summed E-state index contributed by atoms with van der Waals surface area (Å²) in [5, 5.41) is 29.3. The van der Waals surface area contributed by atoms with Gasteiger partial charge in [-0.2, -0.15) is 10.4 Å². The Kier molecular flexibility index (Phi) is 4.66. The Bertz CT molecular complexity index is 556. The number of hydrogen-bond donors (Lipinski definition) is 2. The zero-order valence-corrected chi connectivity index (χ0v) is 12.5. The second-order valence-corrected chi connectivity index (χ2v) is 5.91. The zero-order valence-electron chi connectivity index (χ0n) is 12.5. The van der Waals surface area contributed by atoms with Gasteiger partial charge in [0.25, 0.3) is 0 Å². The van der Waals surface area contributed by atoms with Crippen LogP contribution in [0.1, 0.15) is 44.0 Å². The largest absolute Gasteiger partial charge is 0.481 e. The van der Waals surface area contributed by atoms with E-state index < -0.39 is 5.97 Å². The Hall–Kier alpha value is -2.16. The summed E-state index contributed by atoms with van der Waals surface area (Å²) in [6, 6.07) is 1.76. The lowest BCUT2D eigenvalue weighted by Crippen LogP contribution is -2.36. The number of nitrogens with zero attached hydrogens (tertiary/aromatic N) is 3. The standard InChI is InChI=1S/C14H20N4O2/c1-8-9(2)17-18-13(10(8)7-15)16-11(6-12(19)20)14(3,4)5/h11H,6H2,1-5H3,(H,16,18)(H,19,20). The Morgan fingerprint density at radius 3 is 2.45 bits per heavy atom. The molecule has 0 aromatic carbocycles. The van der Waals surface area contributed by atoms with Gasteiger partial charge in [0.2, 0.25) is 0 Å². The quantitative estimate of drug-likeness (QED) is 0.875. The normalized spacial score (nSPS) is 12.6. The van der Waals surface area contributed by atoms with Crippen LogP contribution in [0.25, 0.3) is 0 Å². The van der Waals surface area contributed by atoms with Gasteiger partial charge in [0.1, 0.15) is 11.6 Å². The molecule has 1 unspecified atom stereocenters. The molecule has 0 saturated heterocycles. The van der Waals surface area contributed by atoms with E-state index in [1.165, 1.54) is 0 Å². The first kappa shape index (κ1) is 15.9. The topological polar surface area (TPSA) is 98.9 Å². The van der Waals surface area contributed by atoms with Gasteiger partial charge < -0.3 is 10.4 Å². The summed E-state index contributed by atoms with van der Waals surface area (Å²) in [5.41, 5.74) is 1.58. The molecule has 0 bridgehead atoms. The minimum absolute atomic E-state index is 0.0526. The van der Waals surface area contributed by atoms with E-state index in [1.54, 1.807) is 13.8 Å². The van der Waals surface area contributed by atoms with Crippen molar-refractivity contribution >= 4 is 11.8 Å². The van der Waals surface area contributed by atoms with Crippen molar-refractivity contribution in [3.63, 3.8) is 0 Å². The first-order valence-corrected chi connectivity index (χ1v) is 6.39. The van der Waals surface area contributed by atoms with E-state index >= 15 is 0 Å². The summed E-state index contributed by atoms with van der Waals surface area (Å²) in [5.74, 6) is -0.551. The lowest BCUT2D eigenvalue weighted by atomic mass is 9.84. The second-order valence-electron chi connectivity index (χ2n) is 5.91. The van der Waals surface area contributed by atoms with Crippen LogP contribution in [-0.2, 0) is 4.79 Å². The number of hydrogen-bond acceptors (Lipinski definition) is 5. The van der Waals surface area contributed by atoms with Gasteiger partial charge in [-0.1, -0.05) is 20.8 Å². The van der Waals surface area contributed by atoms with Crippen LogP contribution in [0.2, 0.25) is 0 Å². The fourth-order valence-corrected chi connectivity index (χ4v) is 1.76. The van der Waals surface area contributed by atoms with Crippen molar-refractivity contribution in [2.75, 3.05) is 5.32 Å². The van der Waals surface area contributed by atoms with Gasteiger partial charge in [0.15, 0.2) is 5.82 Å². The highest BCUT2D eigenvalue weighted by molar-refractivity contribution is 5.69. The fraction of sp³-hybridized carbons (Fsp3) is 0.571. The van der Waals surface area contributed by atoms with E-state index in [0.29, 0.717) is 17.1 Å². The summed E-state index contributed by atoms with van der Waals surface area (Å²) in [6.07, 6.45) is -0.0526. The maximum Gasteiger partial charge on any atom is 0.305 e. The van der Waals surface area contributed by atoms with Crippen LogP contribution in [0.5, 0.6) is 0 Å². The lowest BCUT2D eigenvalue weighted by molar-refractivity contribution is -0.137. The summed E-state index contributed by atoms with van der Waals surface area (Å²) >= 11 is 0. The molecule has 1 atom stereocenters. The van der Waals surface area contributed by atoms with E-state index in [9.17, 15) is 10.1 Å². The van der Waals surface area contributed by atoms with E-state index in [-0.39, 0.29) is 17.9 Å². The van der Waals surface area contributed by atoms with Gasteiger partial charge in [-0.3, -0.25) is 4.79 Å². The van der Waals surface area contributed by atoms with Gasteiger partial charge in [-0.25, -0.2) is 0 Å². The molecule has 0 fully saturated rings. The third-order valence-corrected chi connectivity index (χ3v) is 3.30. The molecule has 0 aliphatic carbocycles. The smallest absolute Gasteiger partial charge is 0.305 e. The number of aromatic nitrogens is 2. The third-order valence-electron chi connectivity index (χ3n) is 3.30. The number of nitrogens with one attached hydrogen (secondary N) is 1. The van der Waals surface area contributed by atoms with Crippen LogP contribution in [0.15, 0.2) is 0 Å². The van der Waals surface area contributed by atoms with Crippen LogP contribution in [0.3, 0.4) is 0 Å². The molecule has 20 heavy (non-hydrogen) atoms. The van der Waals surface area contributed by atoms with Crippen LogP contribution in [-0.4, -0.2) is 27.3 Å². The molecule has 0 aliphatic rings. The second kappa shape index (κ2) is 5.87. The predicted molar refractivity (Wildman–Crippen MR) is 75.3 cm³/mol. The molecule has 108 valence electrons. The first-order valence-electron chi connectivity index (χ1n) is 6.39. The van der Waals surface area contributed by atoms with Crippen LogP contribution >= 0.6 is 0 Å². The number of nitriles is 1. The highest BCUT2D eigenvalue weighted by Gasteiger charge is 2.28. The first-order chi connectivity index (χ1) is 9.16. The van der Waals surface area contributed by atoms with Gasteiger partial charge in [0.05, 0.1) is 12.1 Å². The summed E-state index contributed by atoms with van der Waals surface area (Å²) in [6.45, 7) is 9.40. The third kappa shape index (κ3) is 3.67. The molecule has 0 amide bonds. The molecule has 0 aliphatic heterocycles. The van der Waals surface area contributed by atoms with Crippen molar-refractivity contribution in [3.05, 3.63) is 16.8 Å². The Morgan fingerprint density at radius 2 is 2.00 bits per heavy atom. The van der Waals surface area contributed by atoms with Crippen molar-refractivity contribution in [2.45, 2.75) is 47.1 Å². The maximum atomic E-state index is 11.0. The molecule has 2 N–H and O–H groups in total. The van der Waals surface area contributed by atoms with Crippen molar-refractivity contribution in [3.8, 4) is 6.07 Å². The summed E-state index contributed by atoms with van der Waals surface area (Å²) in [4.78, 5) is 11.0. The van der Waals surface area contributed by atoms with Gasteiger partial charge >= 0.3 is 5.97 Å². The number of carboxylic acid groups (broad SMARTS) is 1. The van der Waals surface area contributed by atoms with Crippen molar-refractivity contribution in [1.29, 1.82) is 5.26 Å². The number of carboxylic acids is 1. The van der Waals surface area contributed by atoms with E-state index in [0.717, 1.165) is 5.56 Å². The fourth-order valence-electron chi connectivity index (χ4n) is 1.76. The number of carbonyl (C=O) groups is 1. The van der Waals surface area contributed by atoms with Crippen molar-refractivity contribution < 1.29 is 9.90 Å². The van der Waals surface area contributed by atoms with Crippen molar-refractivity contribution in [1.82, 2.24) is 10.2 Å². The van der Waals surface area contributed by atoms with E-state index in [4.69, 9.17) is 5.11 Å². The van der Waals surface area contributed by atoms with Crippen LogP contribution < -0.4 is 5.32 Å². The average molecular weight is 276 g/mol. The minimum atomic E-state index is -0.896. The Morgan fingerprint density at radius 1 is 1.40 bits per heavy atom. The van der Waals surface area contributed by atoms with E-state index in [2.05, 4.69) is 21.6 Å². The predicted octanol–water partition coefficient (Wildman–Crippen LogP) is 2.27. The lowest BCUT2D eigenvalue weighted by Gasteiger charge is -2.31. The van der Waals surface area contributed by atoms with Gasteiger partial charge in [-0.15, -0.1) is 5.10 Å². The molecule has 1 heterocycles. The molecule has 0 radical (unpaired) electrons. The Balaban J connectivity index is 3.16. The molecule has 6 nitrogen and oxygen atoms in total. The van der Waals surface area contributed by atoms with Crippen molar-refractivity contribution in [2.24, 2.45) is 5.41 Å². The van der Waals surface area contributed by atoms with Crippen LogP contribution in [0.4, 0.5) is 5.82 Å². The van der Waals surface area contributed by atoms with Crippen LogP contribution in [0, 0.1) is 30.6 Å². The highest BCUT2D eigenvalue weighted by Crippen LogP contribution is 2.27. The average Bonchev–Trinajstić information content (AvgIpc) is 2.31. The maximum absolute atomic E-state index is 11.0. The highest BCUT2D eigenvalue weighted by atomic mass is 16.4. The molecule has 6 heteroatoms. The van der Waals surface area contributed by atoms with Gasteiger partial charge in [0, 0.05) is 6.04 Å². The molecule has 1 aromatic heterocycles. The zero-order chi connectivity index (χ0) is 15.5. The monoisotopic (exact) mass is 276 g/mol. The number of aryl methyl sites for hydroxylation is 1. The van der Waals surface area contributed by atoms with E-state index in [1.807, 2.05) is 20.8 Å². The molecule has 1 rings (SSSR count). The molecule has 0 saturated carbocycles. The minimum Gasteiger partial charge on any atom is -0.481 e. The molecule has 0 spiro atoms. The molecule has 1 aromatic rings. The van der Waals surface area contributed by atoms with Gasteiger partial charge in [-0.05, 0) is 24.8 Å². The molecular formula is C14H20N4O2. The summed E-state index contributed by atoms with van der Waals surface area (Å²) < 4.78 is 0. The molecular weight excluding hydrogens is 256 g/mol. The number of rotatable bonds is 4. The Labute approximate surface area is 118 Å². The number of aliphatic carboxylic acids is 1. The summed E-state index contributed by atoms with van der Waals surface area (Å²) in [7, 11) is 0.